The van der Waals surface area contributed by atoms with Crippen LogP contribution in [-0.2, 0) is 11.3 Å². The number of nitrogens with zero attached hydrogens (tertiary/aromatic N) is 3. The molecular formula is C23H34N4O. The third kappa shape index (κ3) is 5.73. The van der Waals surface area contributed by atoms with E-state index in [9.17, 15) is 4.79 Å². The second kappa shape index (κ2) is 10.1. The lowest BCUT2D eigenvalue weighted by Crippen LogP contribution is -2.39. The predicted octanol–water partition coefficient (Wildman–Crippen LogP) is 3.42. The lowest BCUT2D eigenvalue weighted by molar-refractivity contribution is -0.133. The van der Waals surface area contributed by atoms with Crippen molar-refractivity contribution in [2.75, 3.05) is 51.9 Å². The Balaban J connectivity index is 2.34. The van der Waals surface area contributed by atoms with Crippen LogP contribution in [0.2, 0.25) is 0 Å². The van der Waals surface area contributed by atoms with E-state index in [1.165, 1.54) is 0 Å². The van der Waals surface area contributed by atoms with Crippen LogP contribution < -0.4 is 10.6 Å². The molecule has 1 amide bonds. The number of nitrogens with two attached hydrogens (primary N) is 1. The van der Waals surface area contributed by atoms with E-state index in [0.29, 0.717) is 13.1 Å². The molecule has 0 aliphatic heterocycles. The van der Waals surface area contributed by atoms with Gasteiger partial charge in [0, 0.05) is 45.1 Å². The number of hydrogen-bond acceptors (Lipinski definition) is 4. The summed E-state index contributed by atoms with van der Waals surface area (Å²) in [6.45, 7) is 4.12. The summed E-state index contributed by atoms with van der Waals surface area (Å²) in [7, 11) is 8.09. The van der Waals surface area contributed by atoms with Crippen molar-refractivity contribution in [2.45, 2.75) is 25.8 Å². The highest BCUT2D eigenvalue weighted by atomic mass is 16.2. The first-order chi connectivity index (χ1) is 13.3. The molecule has 0 bridgehead atoms. The molecule has 0 heterocycles. The topological polar surface area (TPSA) is 52.8 Å². The molecule has 0 saturated carbocycles. The lowest BCUT2D eigenvalue weighted by Gasteiger charge is -2.30. The first kappa shape index (κ1) is 21.8. The van der Waals surface area contributed by atoms with Crippen LogP contribution in [0.1, 0.15) is 30.4 Å². The smallest absolute Gasteiger partial charge is 0.230 e. The highest BCUT2D eigenvalue weighted by Crippen LogP contribution is 2.26. The van der Waals surface area contributed by atoms with Gasteiger partial charge < -0.3 is 20.4 Å². The maximum Gasteiger partial charge on any atom is 0.230 e. The Kier molecular flexibility index (Phi) is 7.88. The molecule has 0 spiro atoms. The molecule has 0 radical (unpaired) electrons. The van der Waals surface area contributed by atoms with Gasteiger partial charge in [-0.1, -0.05) is 37.3 Å². The van der Waals surface area contributed by atoms with Crippen molar-refractivity contribution in [1.82, 2.24) is 9.80 Å². The molecule has 2 aromatic carbocycles. The van der Waals surface area contributed by atoms with Gasteiger partial charge in [0.05, 0.1) is 5.92 Å². The molecular weight excluding hydrogens is 348 g/mol. The maximum atomic E-state index is 13.5. The Hall–Kier alpha value is -2.53. The van der Waals surface area contributed by atoms with E-state index in [1.54, 1.807) is 0 Å². The van der Waals surface area contributed by atoms with Crippen LogP contribution in [0.4, 0.5) is 11.4 Å². The summed E-state index contributed by atoms with van der Waals surface area (Å²) in [6.07, 6.45) is 0.777. The summed E-state index contributed by atoms with van der Waals surface area (Å²) in [5.74, 6) is 0.0370. The molecule has 1 atom stereocenters. The zero-order valence-electron chi connectivity index (χ0n) is 17.9. The number of amides is 1. The van der Waals surface area contributed by atoms with E-state index in [-0.39, 0.29) is 11.8 Å². The minimum Gasteiger partial charge on any atom is -0.399 e. The molecule has 28 heavy (non-hydrogen) atoms. The largest absolute Gasteiger partial charge is 0.399 e. The van der Waals surface area contributed by atoms with E-state index < -0.39 is 0 Å². The Labute approximate surface area is 169 Å². The quantitative estimate of drug-likeness (QED) is 0.675. The monoisotopic (exact) mass is 382 g/mol. The Morgan fingerprint density at radius 3 is 2.25 bits per heavy atom. The molecule has 2 N–H and O–H groups in total. The van der Waals surface area contributed by atoms with Crippen molar-refractivity contribution in [3.8, 4) is 0 Å². The molecule has 0 aliphatic rings. The highest BCUT2D eigenvalue weighted by Gasteiger charge is 2.25. The van der Waals surface area contributed by atoms with Crippen LogP contribution in [0.25, 0.3) is 0 Å². The summed E-state index contributed by atoms with van der Waals surface area (Å²) in [4.78, 5) is 19.7. The normalized spacial score (nSPS) is 12.1. The van der Waals surface area contributed by atoms with Gasteiger partial charge in [-0.2, -0.15) is 0 Å². The van der Waals surface area contributed by atoms with Crippen LogP contribution in [0, 0.1) is 0 Å². The van der Waals surface area contributed by atoms with E-state index in [1.807, 2.05) is 81.6 Å². The fraction of sp³-hybridized carbons (Fsp3) is 0.435. The minimum absolute atomic E-state index is 0.132. The molecule has 2 rings (SSSR count). The number of carbonyl (C=O) groups excluding carboxylic acids is 1. The van der Waals surface area contributed by atoms with Gasteiger partial charge in [-0.05, 0) is 49.8 Å². The summed E-state index contributed by atoms with van der Waals surface area (Å²) in [5.41, 5.74) is 10.00. The third-order valence-corrected chi connectivity index (χ3v) is 4.98. The summed E-state index contributed by atoms with van der Waals surface area (Å²) < 4.78 is 0. The van der Waals surface area contributed by atoms with E-state index in [2.05, 4.69) is 16.7 Å². The molecule has 0 aliphatic carbocycles. The van der Waals surface area contributed by atoms with Gasteiger partial charge in [0.15, 0.2) is 0 Å². The lowest BCUT2D eigenvalue weighted by atomic mass is 9.94. The third-order valence-electron chi connectivity index (χ3n) is 4.98. The van der Waals surface area contributed by atoms with Crippen LogP contribution in [0.3, 0.4) is 0 Å². The Morgan fingerprint density at radius 2 is 1.68 bits per heavy atom. The standard InChI is InChI=1S/C23H34N4O/c1-6-21(18-10-8-7-9-11-18)23(28)27(15-14-25(2)3)17-19-16-20(24)12-13-22(19)26(4)5/h7-13,16,21H,6,14-15,17,24H2,1-5H3. The zero-order valence-corrected chi connectivity index (χ0v) is 17.9. The van der Waals surface area contributed by atoms with Crippen molar-refractivity contribution in [2.24, 2.45) is 0 Å². The van der Waals surface area contributed by atoms with E-state index >= 15 is 0 Å². The SMILES string of the molecule is CCC(C(=O)N(CCN(C)C)Cc1cc(N)ccc1N(C)C)c1ccccc1. The van der Waals surface area contributed by atoms with E-state index in [0.717, 1.165) is 35.5 Å². The van der Waals surface area contributed by atoms with Crippen molar-refractivity contribution in [1.29, 1.82) is 0 Å². The Morgan fingerprint density at radius 1 is 1.00 bits per heavy atom. The fourth-order valence-electron chi connectivity index (χ4n) is 3.42. The first-order valence-corrected chi connectivity index (χ1v) is 9.87. The second-order valence-corrected chi connectivity index (χ2v) is 7.72. The molecule has 0 saturated heterocycles. The first-order valence-electron chi connectivity index (χ1n) is 9.87. The number of carbonyl (C=O) groups is 1. The number of benzene rings is 2. The van der Waals surface area contributed by atoms with Gasteiger partial charge >= 0.3 is 0 Å². The fourth-order valence-corrected chi connectivity index (χ4v) is 3.42. The van der Waals surface area contributed by atoms with Gasteiger partial charge in [0.25, 0.3) is 0 Å². The number of rotatable bonds is 9. The molecule has 5 heteroatoms. The molecule has 152 valence electrons. The number of likely N-dealkylation sites (N-methyl/N-ethyl adjacent to an activating group) is 1. The summed E-state index contributed by atoms with van der Waals surface area (Å²) in [6, 6.07) is 16.0. The van der Waals surface area contributed by atoms with Gasteiger partial charge in [-0.3, -0.25) is 4.79 Å². The second-order valence-electron chi connectivity index (χ2n) is 7.72. The molecule has 0 fully saturated rings. The molecule has 5 nitrogen and oxygen atoms in total. The number of anilines is 2. The molecule has 1 unspecified atom stereocenters. The predicted molar refractivity (Wildman–Crippen MR) is 119 cm³/mol. The van der Waals surface area contributed by atoms with Gasteiger partial charge in [0.2, 0.25) is 5.91 Å². The highest BCUT2D eigenvalue weighted by molar-refractivity contribution is 5.84. The maximum absolute atomic E-state index is 13.5. The molecule has 0 aromatic heterocycles. The van der Waals surface area contributed by atoms with Crippen molar-refractivity contribution in [3.05, 3.63) is 59.7 Å². The average Bonchev–Trinajstić information content (AvgIpc) is 2.66. The van der Waals surface area contributed by atoms with Gasteiger partial charge in [-0.15, -0.1) is 0 Å². The van der Waals surface area contributed by atoms with Crippen LogP contribution in [-0.4, -0.2) is 57.0 Å². The number of hydrogen-bond donors (Lipinski definition) is 1. The molecule has 2 aromatic rings. The Bertz CT molecular complexity index is 758. The van der Waals surface area contributed by atoms with Crippen molar-refractivity contribution < 1.29 is 4.79 Å². The van der Waals surface area contributed by atoms with Crippen LogP contribution in [0.5, 0.6) is 0 Å². The van der Waals surface area contributed by atoms with Gasteiger partial charge in [-0.25, -0.2) is 0 Å². The number of nitrogen functional groups attached to an aromatic ring is 1. The van der Waals surface area contributed by atoms with E-state index in [4.69, 9.17) is 5.73 Å². The summed E-state index contributed by atoms with van der Waals surface area (Å²) >= 11 is 0. The van der Waals surface area contributed by atoms with Gasteiger partial charge in [0.1, 0.15) is 0 Å². The minimum atomic E-state index is -0.132. The van der Waals surface area contributed by atoms with Crippen molar-refractivity contribution >= 4 is 17.3 Å². The van der Waals surface area contributed by atoms with Crippen LogP contribution in [0.15, 0.2) is 48.5 Å². The zero-order chi connectivity index (χ0) is 20.7. The van der Waals surface area contributed by atoms with Crippen LogP contribution >= 0.6 is 0 Å². The van der Waals surface area contributed by atoms with Crippen molar-refractivity contribution in [3.63, 3.8) is 0 Å². The average molecular weight is 383 g/mol. The summed E-state index contributed by atoms with van der Waals surface area (Å²) in [5, 5.41) is 0.